The van der Waals surface area contributed by atoms with E-state index in [1.54, 1.807) is 18.2 Å². The Bertz CT molecular complexity index is 1070. The largest absolute Gasteiger partial charge is 0.497 e. The fourth-order valence-electron chi connectivity index (χ4n) is 2.61. The SMILES string of the molecule is CCc1nc2sc(C(C)C)nn2c1S(=O)(=O)Nc1cc(OC)ccc1OC. The highest BCUT2D eigenvalue weighted by atomic mass is 32.2. The summed E-state index contributed by atoms with van der Waals surface area (Å²) in [5.74, 6) is 1.08. The Balaban J connectivity index is 2.12. The van der Waals surface area contributed by atoms with E-state index in [9.17, 15) is 8.42 Å². The number of aryl methyl sites for hydroxylation is 1. The van der Waals surface area contributed by atoms with Crippen molar-refractivity contribution in [3.05, 3.63) is 28.9 Å². The molecule has 2 aromatic heterocycles. The quantitative estimate of drug-likeness (QED) is 0.642. The molecule has 10 heteroatoms. The third kappa shape index (κ3) is 3.59. The van der Waals surface area contributed by atoms with Gasteiger partial charge in [-0.2, -0.15) is 18.0 Å². The average molecular weight is 411 g/mol. The molecule has 0 saturated carbocycles. The summed E-state index contributed by atoms with van der Waals surface area (Å²) < 4.78 is 40.9. The van der Waals surface area contributed by atoms with Crippen molar-refractivity contribution in [3.63, 3.8) is 0 Å². The minimum absolute atomic E-state index is 0.0491. The van der Waals surface area contributed by atoms with Crippen LogP contribution in [-0.2, 0) is 16.4 Å². The molecule has 0 amide bonds. The molecule has 3 aromatic rings. The Labute approximate surface area is 162 Å². The summed E-state index contributed by atoms with van der Waals surface area (Å²) in [7, 11) is -0.962. The van der Waals surface area contributed by atoms with Crippen molar-refractivity contribution >= 4 is 32.0 Å². The van der Waals surface area contributed by atoms with Crippen molar-refractivity contribution in [1.82, 2.24) is 14.6 Å². The number of sulfonamides is 1. The smallest absolute Gasteiger partial charge is 0.281 e. The molecule has 0 radical (unpaired) electrons. The average Bonchev–Trinajstić information content (AvgIpc) is 3.18. The number of methoxy groups -OCH3 is 2. The summed E-state index contributed by atoms with van der Waals surface area (Å²) in [5, 5.41) is 5.34. The van der Waals surface area contributed by atoms with Crippen LogP contribution in [-0.4, -0.2) is 37.2 Å². The minimum atomic E-state index is -3.95. The van der Waals surface area contributed by atoms with Gasteiger partial charge in [0.05, 0.1) is 25.6 Å². The molecule has 0 bridgehead atoms. The number of aromatic nitrogens is 3. The van der Waals surface area contributed by atoms with E-state index in [0.29, 0.717) is 28.6 Å². The molecule has 1 N–H and O–H groups in total. The van der Waals surface area contributed by atoms with Crippen LogP contribution in [0, 0.1) is 0 Å². The topological polar surface area (TPSA) is 94.8 Å². The zero-order chi connectivity index (χ0) is 19.8. The molecule has 8 nitrogen and oxygen atoms in total. The van der Waals surface area contributed by atoms with E-state index in [-0.39, 0.29) is 16.6 Å². The lowest BCUT2D eigenvalue weighted by Gasteiger charge is -2.13. The summed E-state index contributed by atoms with van der Waals surface area (Å²) in [6.07, 6.45) is 0.471. The van der Waals surface area contributed by atoms with Crippen LogP contribution < -0.4 is 14.2 Å². The lowest BCUT2D eigenvalue weighted by molar-refractivity contribution is 0.405. The van der Waals surface area contributed by atoms with Crippen LogP contribution in [0.25, 0.3) is 4.96 Å². The second kappa shape index (κ2) is 7.35. The molecule has 0 unspecified atom stereocenters. The Morgan fingerprint density at radius 1 is 1.26 bits per heavy atom. The van der Waals surface area contributed by atoms with E-state index in [0.717, 1.165) is 5.01 Å². The monoisotopic (exact) mass is 410 g/mol. The molecular weight excluding hydrogens is 388 g/mol. The molecule has 0 saturated heterocycles. The first-order valence-corrected chi connectivity index (χ1v) is 10.7. The number of ether oxygens (including phenoxy) is 2. The maximum atomic E-state index is 13.2. The molecule has 0 atom stereocenters. The van der Waals surface area contributed by atoms with Gasteiger partial charge < -0.3 is 9.47 Å². The Morgan fingerprint density at radius 2 is 2.00 bits per heavy atom. The minimum Gasteiger partial charge on any atom is -0.497 e. The molecule has 27 heavy (non-hydrogen) atoms. The summed E-state index contributed by atoms with van der Waals surface area (Å²) in [6.45, 7) is 5.88. The van der Waals surface area contributed by atoms with Gasteiger partial charge in [-0.25, -0.2) is 4.98 Å². The Morgan fingerprint density at radius 3 is 2.59 bits per heavy atom. The van der Waals surface area contributed by atoms with Gasteiger partial charge in [0.25, 0.3) is 10.0 Å². The van der Waals surface area contributed by atoms with Crippen molar-refractivity contribution < 1.29 is 17.9 Å². The molecular formula is C17H22N4O4S2. The van der Waals surface area contributed by atoms with Gasteiger partial charge in [-0.1, -0.05) is 32.1 Å². The van der Waals surface area contributed by atoms with E-state index in [1.165, 1.54) is 30.1 Å². The Kier molecular flexibility index (Phi) is 5.29. The molecule has 1 aromatic carbocycles. The molecule has 0 fully saturated rings. The predicted octanol–water partition coefficient (Wildman–Crippen LogP) is 3.29. The number of hydrogen-bond donors (Lipinski definition) is 1. The van der Waals surface area contributed by atoms with Gasteiger partial charge in [0.2, 0.25) is 9.99 Å². The van der Waals surface area contributed by atoms with Crippen LogP contribution >= 0.6 is 11.3 Å². The third-order valence-corrected chi connectivity index (χ3v) is 6.60. The number of benzene rings is 1. The molecule has 0 aliphatic carbocycles. The van der Waals surface area contributed by atoms with E-state index in [4.69, 9.17) is 9.47 Å². The zero-order valence-electron chi connectivity index (χ0n) is 15.8. The van der Waals surface area contributed by atoms with Crippen molar-refractivity contribution in [2.75, 3.05) is 18.9 Å². The first-order valence-electron chi connectivity index (χ1n) is 8.43. The lowest BCUT2D eigenvalue weighted by Crippen LogP contribution is -2.18. The zero-order valence-corrected chi connectivity index (χ0v) is 17.4. The summed E-state index contributed by atoms with van der Waals surface area (Å²) >= 11 is 1.40. The van der Waals surface area contributed by atoms with Crippen LogP contribution in [0.1, 0.15) is 37.4 Å². The van der Waals surface area contributed by atoms with Crippen molar-refractivity contribution in [2.45, 2.75) is 38.1 Å². The maximum absolute atomic E-state index is 13.2. The van der Waals surface area contributed by atoms with Gasteiger partial charge in [-0.3, -0.25) is 4.72 Å². The Hall–Kier alpha value is -2.33. The number of nitrogens with one attached hydrogen (secondary N) is 1. The van der Waals surface area contributed by atoms with Crippen molar-refractivity contribution in [3.8, 4) is 11.5 Å². The highest BCUT2D eigenvalue weighted by Crippen LogP contribution is 2.32. The first kappa shape index (κ1) is 19.4. The van der Waals surface area contributed by atoms with Crippen molar-refractivity contribution in [1.29, 1.82) is 0 Å². The van der Waals surface area contributed by atoms with Gasteiger partial charge in [0.1, 0.15) is 16.5 Å². The molecule has 146 valence electrons. The number of anilines is 1. The van der Waals surface area contributed by atoms with Crippen LogP contribution in [0.2, 0.25) is 0 Å². The van der Waals surface area contributed by atoms with Gasteiger partial charge in [0.15, 0.2) is 0 Å². The summed E-state index contributed by atoms with van der Waals surface area (Å²) in [5.41, 5.74) is 0.756. The first-order chi connectivity index (χ1) is 12.8. The van der Waals surface area contributed by atoms with Gasteiger partial charge in [-0.05, 0) is 18.6 Å². The fraction of sp³-hybridized carbons (Fsp3) is 0.412. The normalized spacial score (nSPS) is 11.9. The van der Waals surface area contributed by atoms with E-state index < -0.39 is 10.0 Å². The molecule has 0 aliphatic rings. The van der Waals surface area contributed by atoms with E-state index in [2.05, 4.69) is 14.8 Å². The fourth-order valence-corrected chi connectivity index (χ4v) is 4.98. The second-order valence-corrected chi connectivity index (χ2v) is 8.76. The van der Waals surface area contributed by atoms with Gasteiger partial charge in [0, 0.05) is 12.0 Å². The highest BCUT2D eigenvalue weighted by Gasteiger charge is 2.28. The second-order valence-electron chi connectivity index (χ2n) is 6.18. The van der Waals surface area contributed by atoms with Crippen LogP contribution in [0.15, 0.2) is 23.2 Å². The third-order valence-electron chi connectivity index (χ3n) is 3.98. The molecule has 0 spiro atoms. The number of imidazole rings is 1. The molecule has 2 heterocycles. The van der Waals surface area contributed by atoms with Gasteiger partial charge >= 0.3 is 0 Å². The maximum Gasteiger partial charge on any atom is 0.281 e. The van der Waals surface area contributed by atoms with Crippen molar-refractivity contribution in [2.24, 2.45) is 0 Å². The number of fused-ring (bicyclic) bond motifs is 1. The lowest BCUT2D eigenvalue weighted by atomic mass is 10.2. The van der Waals surface area contributed by atoms with E-state index in [1.807, 2.05) is 20.8 Å². The predicted molar refractivity (Wildman–Crippen MR) is 105 cm³/mol. The highest BCUT2D eigenvalue weighted by molar-refractivity contribution is 7.92. The van der Waals surface area contributed by atoms with Crippen LogP contribution in [0.4, 0.5) is 5.69 Å². The van der Waals surface area contributed by atoms with Crippen LogP contribution in [0.5, 0.6) is 11.5 Å². The number of rotatable bonds is 7. The molecule has 3 rings (SSSR count). The summed E-state index contributed by atoms with van der Waals surface area (Å²) in [6, 6.07) is 4.91. The molecule has 0 aliphatic heterocycles. The van der Waals surface area contributed by atoms with E-state index >= 15 is 0 Å². The standard InChI is InChI=1S/C17H22N4O4S2/c1-6-12-16(21-17(18-12)26-15(19-21)10(2)3)27(22,23)20-13-9-11(24-4)7-8-14(13)25-5/h7-10,20H,6H2,1-5H3. The summed E-state index contributed by atoms with van der Waals surface area (Å²) in [4.78, 5) is 5.03. The number of hydrogen-bond acceptors (Lipinski definition) is 7. The number of nitrogens with zero attached hydrogens (tertiary/aromatic N) is 3. The van der Waals surface area contributed by atoms with Crippen LogP contribution in [0.3, 0.4) is 0 Å². The van der Waals surface area contributed by atoms with Gasteiger partial charge in [-0.15, -0.1) is 0 Å².